The summed E-state index contributed by atoms with van der Waals surface area (Å²) in [6.45, 7) is 1.43. The summed E-state index contributed by atoms with van der Waals surface area (Å²) < 4.78 is 5.18. The van der Waals surface area contributed by atoms with E-state index in [1.165, 1.54) is 6.92 Å². The lowest BCUT2D eigenvalue weighted by molar-refractivity contribution is -0.129. The van der Waals surface area contributed by atoms with Crippen molar-refractivity contribution in [1.82, 2.24) is 10.9 Å². The van der Waals surface area contributed by atoms with Gasteiger partial charge >= 0.3 is 5.97 Å². The third kappa shape index (κ3) is 4.49. The van der Waals surface area contributed by atoms with Gasteiger partial charge in [0.15, 0.2) is 6.10 Å². The van der Waals surface area contributed by atoms with Crippen LogP contribution in [0.15, 0.2) is 72.8 Å². The first-order chi connectivity index (χ1) is 13.0. The van der Waals surface area contributed by atoms with Gasteiger partial charge in [-0.2, -0.15) is 0 Å². The summed E-state index contributed by atoms with van der Waals surface area (Å²) >= 11 is 0. The smallest absolute Gasteiger partial charge is 0.338 e. The van der Waals surface area contributed by atoms with Crippen molar-refractivity contribution < 1.29 is 19.1 Å². The van der Waals surface area contributed by atoms with Crippen LogP contribution in [-0.4, -0.2) is 23.9 Å². The second-order valence-electron chi connectivity index (χ2n) is 5.92. The van der Waals surface area contributed by atoms with E-state index in [-0.39, 0.29) is 0 Å². The fraction of sp³-hybridized carbons (Fsp3) is 0.0952. The molecule has 3 aromatic rings. The number of amides is 2. The Morgan fingerprint density at radius 1 is 0.778 bits per heavy atom. The Labute approximate surface area is 156 Å². The summed E-state index contributed by atoms with van der Waals surface area (Å²) in [4.78, 5) is 36.2. The van der Waals surface area contributed by atoms with E-state index in [0.717, 1.165) is 10.8 Å². The van der Waals surface area contributed by atoms with E-state index in [4.69, 9.17) is 4.74 Å². The van der Waals surface area contributed by atoms with Crippen molar-refractivity contribution in [3.8, 4) is 0 Å². The average molecular weight is 362 g/mol. The van der Waals surface area contributed by atoms with Gasteiger partial charge in [0.1, 0.15) is 0 Å². The zero-order valence-electron chi connectivity index (χ0n) is 14.6. The Hall–Kier alpha value is -3.67. The van der Waals surface area contributed by atoms with E-state index in [2.05, 4.69) is 10.9 Å². The van der Waals surface area contributed by atoms with Crippen molar-refractivity contribution in [2.24, 2.45) is 0 Å². The van der Waals surface area contributed by atoms with Crippen LogP contribution >= 0.6 is 0 Å². The summed E-state index contributed by atoms with van der Waals surface area (Å²) in [5.41, 5.74) is 5.29. The van der Waals surface area contributed by atoms with Crippen LogP contribution in [0.5, 0.6) is 0 Å². The average Bonchev–Trinajstić information content (AvgIpc) is 2.71. The molecule has 0 spiro atoms. The van der Waals surface area contributed by atoms with Crippen molar-refractivity contribution in [1.29, 1.82) is 0 Å². The molecule has 27 heavy (non-hydrogen) atoms. The molecule has 0 aliphatic carbocycles. The standard InChI is InChI=1S/C21H18N2O4/c1-14(19(24)22-23-20(25)16-8-3-2-4-9-16)27-21(26)18-12-11-15-7-5-6-10-17(15)13-18/h2-14H,1H3,(H,22,24)(H,23,25)/t14-/m0/s1. The molecule has 0 aromatic heterocycles. The van der Waals surface area contributed by atoms with Crippen LogP contribution < -0.4 is 10.9 Å². The van der Waals surface area contributed by atoms with Crippen molar-refractivity contribution >= 4 is 28.6 Å². The lowest BCUT2D eigenvalue weighted by Gasteiger charge is -2.14. The van der Waals surface area contributed by atoms with Crippen molar-refractivity contribution in [2.75, 3.05) is 0 Å². The molecule has 0 heterocycles. The van der Waals surface area contributed by atoms with Gasteiger partial charge in [-0.25, -0.2) is 4.79 Å². The highest BCUT2D eigenvalue weighted by molar-refractivity contribution is 5.98. The maximum absolute atomic E-state index is 12.3. The number of hydrazine groups is 1. The third-order valence-corrected chi connectivity index (χ3v) is 3.97. The van der Waals surface area contributed by atoms with Gasteiger partial charge in [0.25, 0.3) is 11.8 Å². The number of esters is 1. The first-order valence-electron chi connectivity index (χ1n) is 8.39. The van der Waals surface area contributed by atoms with E-state index in [1.54, 1.807) is 42.5 Å². The lowest BCUT2D eigenvalue weighted by Crippen LogP contribution is -2.46. The minimum Gasteiger partial charge on any atom is -0.449 e. The fourth-order valence-electron chi connectivity index (χ4n) is 2.48. The van der Waals surface area contributed by atoms with Crippen LogP contribution in [0.25, 0.3) is 10.8 Å². The van der Waals surface area contributed by atoms with E-state index in [9.17, 15) is 14.4 Å². The molecule has 3 rings (SSSR count). The predicted molar refractivity (Wildman–Crippen MR) is 101 cm³/mol. The molecule has 2 N–H and O–H groups in total. The molecule has 2 amide bonds. The SMILES string of the molecule is C[C@H](OC(=O)c1ccc2ccccc2c1)C(=O)NNC(=O)c1ccccc1. The molecule has 0 saturated heterocycles. The summed E-state index contributed by atoms with van der Waals surface area (Å²) in [5.74, 6) is -1.71. The molecule has 0 unspecified atom stereocenters. The molecular weight excluding hydrogens is 344 g/mol. The maximum atomic E-state index is 12.3. The van der Waals surface area contributed by atoms with Gasteiger partial charge in [-0.15, -0.1) is 0 Å². The Kier molecular flexibility index (Phi) is 5.47. The third-order valence-electron chi connectivity index (χ3n) is 3.97. The first kappa shape index (κ1) is 18.1. The number of nitrogens with one attached hydrogen (secondary N) is 2. The second kappa shape index (κ2) is 8.14. The Morgan fingerprint density at radius 3 is 2.19 bits per heavy atom. The Morgan fingerprint density at radius 2 is 1.44 bits per heavy atom. The second-order valence-corrected chi connectivity index (χ2v) is 5.92. The van der Waals surface area contributed by atoms with Crippen LogP contribution in [-0.2, 0) is 9.53 Å². The molecule has 0 aliphatic rings. The molecule has 136 valence electrons. The van der Waals surface area contributed by atoms with E-state index >= 15 is 0 Å². The zero-order valence-corrected chi connectivity index (χ0v) is 14.6. The van der Waals surface area contributed by atoms with Crippen molar-refractivity contribution in [2.45, 2.75) is 13.0 Å². The van der Waals surface area contributed by atoms with E-state index in [1.807, 2.05) is 30.3 Å². The fourth-order valence-corrected chi connectivity index (χ4v) is 2.48. The molecule has 0 saturated carbocycles. The van der Waals surface area contributed by atoms with Gasteiger partial charge in [-0.3, -0.25) is 20.4 Å². The molecule has 3 aromatic carbocycles. The van der Waals surface area contributed by atoms with E-state index < -0.39 is 23.9 Å². The molecular formula is C21H18N2O4. The first-order valence-corrected chi connectivity index (χ1v) is 8.39. The molecule has 0 aliphatic heterocycles. The molecule has 6 heteroatoms. The number of hydrogen-bond donors (Lipinski definition) is 2. The van der Waals surface area contributed by atoms with Crippen LogP contribution in [0.1, 0.15) is 27.6 Å². The van der Waals surface area contributed by atoms with Crippen LogP contribution in [0.3, 0.4) is 0 Å². The Bertz CT molecular complexity index is 986. The highest BCUT2D eigenvalue weighted by atomic mass is 16.5. The number of carbonyl (C=O) groups is 3. The lowest BCUT2D eigenvalue weighted by atomic mass is 10.1. The van der Waals surface area contributed by atoms with Crippen molar-refractivity contribution in [3.63, 3.8) is 0 Å². The summed E-state index contributed by atoms with van der Waals surface area (Å²) in [7, 11) is 0. The highest BCUT2D eigenvalue weighted by Crippen LogP contribution is 2.16. The molecule has 0 bridgehead atoms. The number of carbonyl (C=O) groups excluding carboxylic acids is 3. The molecule has 0 fully saturated rings. The number of fused-ring (bicyclic) bond motifs is 1. The van der Waals surface area contributed by atoms with Gasteiger partial charge in [-0.05, 0) is 42.0 Å². The summed E-state index contributed by atoms with van der Waals surface area (Å²) in [5, 5.41) is 1.91. The minimum atomic E-state index is -1.07. The number of benzene rings is 3. The zero-order chi connectivity index (χ0) is 19.2. The number of rotatable bonds is 4. The predicted octanol–water partition coefficient (Wildman–Crippen LogP) is 2.85. The van der Waals surface area contributed by atoms with Crippen LogP contribution in [0, 0.1) is 0 Å². The van der Waals surface area contributed by atoms with Gasteiger partial charge in [0.05, 0.1) is 5.56 Å². The maximum Gasteiger partial charge on any atom is 0.338 e. The number of hydrogen-bond acceptors (Lipinski definition) is 4. The largest absolute Gasteiger partial charge is 0.449 e. The normalized spacial score (nSPS) is 11.4. The molecule has 1 atom stereocenters. The van der Waals surface area contributed by atoms with Crippen molar-refractivity contribution in [3.05, 3.63) is 83.9 Å². The van der Waals surface area contributed by atoms with Crippen LogP contribution in [0.4, 0.5) is 0 Å². The monoisotopic (exact) mass is 362 g/mol. The summed E-state index contributed by atoms with van der Waals surface area (Å²) in [6, 6.07) is 21.2. The van der Waals surface area contributed by atoms with Gasteiger partial charge in [0, 0.05) is 5.56 Å². The summed E-state index contributed by atoms with van der Waals surface area (Å²) in [6.07, 6.45) is -1.07. The van der Waals surface area contributed by atoms with Crippen LogP contribution in [0.2, 0.25) is 0 Å². The number of ether oxygens (including phenoxy) is 1. The quantitative estimate of drug-likeness (QED) is 0.552. The minimum absolute atomic E-state index is 0.349. The van der Waals surface area contributed by atoms with Gasteiger partial charge in [0.2, 0.25) is 0 Å². The highest BCUT2D eigenvalue weighted by Gasteiger charge is 2.19. The van der Waals surface area contributed by atoms with Gasteiger partial charge < -0.3 is 4.74 Å². The molecule has 6 nitrogen and oxygen atoms in total. The Balaban J connectivity index is 1.56. The molecule has 0 radical (unpaired) electrons. The van der Waals surface area contributed by atoms with E-state index in [0.29, 0.717) is 11.1 Å². The topological polar surface area (TPSA) is 84.5 Å². The van der Waals surface area contributed by atoms with Gasteiger partial charge in [-0.1, -0.05) is 48.5 Å².